The smallest absolute Gasteiger partial charge is 0.407 e. The van der Waals surface area contributed by atoms with Crippen LogP contribution in [-0.4, -0.2) is 97.1 Å². The van der Waals surface area contributed by atoms with Crippen LogP contribution in [0.2, 0.25) is 0 Å². The SMILES string of the molecule is COc1ccc(CN(Cc2ccc(OC)cc2)c2cc(C)c(I)c([C@@H]3Cc4nc(OCC5CCCN5C)nc(N5CCN(C(=O)O)CC5C)c4C[C@H]3C)c2F)cc1. The highest BCUT2D eigenvalue weighted by Gasteiger charge is 2.38. The molecule has 0 bridgehead atoms. The van der Waals surface area contributed by atoms with E-state index in [-0.39, 0.29) is 23.7 Å². The maximum Gasteiger partial charge on any atom is 0.407 e. The number of carboxylic acid groups (broad SMARTS) is 1. The Labute approximate surface area is 349 Å². The number of ether oxygens (including phenoxy) is 3. The summed E-state index contributed by atoms with van der Waals surface area (Å²) in [4.78, 5) is 30.1. The zero-order valence-electron chi connectivity index (χ0n) is 33.8. The largest absolute Gasteiger partial charge is 0.497 e. The Kier molecular flexibility index (Phi) is 12.6. The normalized spacial score (nSPS) is 21.0. The van der Waals surface area contributed by atoms with Gasteiger partial charge in [-0.05, 0) is 135 Å². The van der Waals surface area contributed by atoms with E-state index >= 15 is 4.39 Å². The number of methoxy groups -OCH3 is 2. The van der Waals surface area contributed by atoms with Gasteiger partial charge in [0.25, 0.3) is 0 Å². The molecule has 2 saturated heterocycles. The molecule has 2 fully saturated rings. The molecule has 2 aliphatic heterocycles. The molecule has 3 aliphatic rings. The zero-order chi connectivity index (χ0) is 40.4. The molecule has 57 heavy (non-hydrogen) atoms. The Balaban J connectivity index is 1.26. The van der Waals surface area contributed by atoms with Crippen LogP contribution in [0.15, 0.2) is 54.6 Å². The Hall–Kier alpha value is -4.37. The number of rotatable bonds is 12. The summed E-state index contributed by atoms with van der Waals surface area (Å²) in [5.41, 5.74) is 6.30. The monoisotopic (exact) mass is 892 g/mol. The summed E-state index contributed by atoms with van der Waals surface area (Å²) in [5.74, 6) is 2.07. The van der Waals surface area contributed by atoms with E-state index in [2.05, 4.69) is 58.2 Å². The summed E-state index contributed by atoms with van der Waals surface area (Å²) < 4.78 is 35.8. The second kappa shape index (κ2) is 17.6. The van der Waals surface area contributed by atoms with Crippen molar-refractivity contribution in [2.24, 2.45) is 5.92 Å². The van der Waals surface area contributed by atoms with Gasteiger partial charge in [0, 0.05) is 59.5 Å². The van der Waals surface area contributed by atoms with E-state index in [0.29, 0.717) is 69.9 Å². The standard InChI is InChI=1S/C44H54FIN6O5/c1-27-20-36-37(47-43(57-26-32-8-7-17-49(32)4)48-42(36)52-19-18-50(44(53)54)23-29(52)3)22-35(27)39-40(45)38(21-28(2)41(39)46)51(24-30-9-13-33(55-5)14-10-30)25-31-11-15-34(56-6)16-12-31/h9-16,21,27,29,32,35H,7-8,17-20,22-26H2,1-6H3,(H,53,54)/t27-,29?,32?,35-/m1/s1. The number of likely N-dealkylation sites (N-methyl/N-ethyl adjacent to an activating group) is 1. The molecule has 2 unspecified atom stereocenters. The molecule has 3 heterocycles. The van der Waals surface area contributed by atoms with Crippen LogP contribution in [0, 0.1) is 22.2 Å². The molecule has 0 radical (unpaired) electrons. The summed E-state index contributed by atoms with van der Waals surface area (Å²) >= 11 is 2.33. The zero-order valence-corrected chi connectivity index (χ0v) is 36.0. The first kappa shape index (κ1) is 40.8. The minimum atomic E-state index is -0.909. The van der Waals surface area contributed by atoms with Gasteiger partial charge in [-0.15, -0.1) is 0 Å². The molecule has 13 heteroatoms. The van der Waals surface area contributed by atoms with Crippen LogP contribution >= 0.6 is 22.6 Å². The fraction of sp³-hybridized carbons (Fsp3) is 0.477. The fourth-order valence-electron chi connectivity index (χ4n) is 8.71. The third-order valence-electron chi connectivity index (χ3n) is 12.1. The lowest BCUT2D eigenvalue weighted by atomic mass is 9.74. The summed E-state index contributed by atoms with van der Waals surface area (Å²) in [5, 5.41) is 9.74. The molecule has 1 N–H and O–H groups in total. The number of aromatic nitrogens is 2. The average Bonchev–Trinajstić information content (AvgIpc) is 3.62. The summed E-state index contributed by atoms with van der Waals surface area (Å²) in [6, 6.07) is 18.4. The van der Waals surface area contributed by atoms with Gasteiger partial charge in [-0.2, -0.15) is 9.97 Å². The highest BCUT2D eigenvalue weighted by atomic mass is 127. The van der Waals surface area contributed by atoms with E-state index in [9.17, 15) is 9.90 Å². The van der Waals surface area contributed by atoms with Gasteiger partial charge in [-0.25, -0.2) is 9.18 Å². The molecular weight excluding hydrogens is 838 g/mol. The first-order valence-corrected chi connectivity index (χ1v) is 21.0. The van der Waals surface area contributed by atoms with Crippen LogP contribution in [0.25, 0.3) is 0 Å². The van der Waals surface area contributed by atoms with Gasteiger partial charge in [0.15, 0.2) is 5.82 Å². The third kappa shape index (κ3) is 8.89. The van der Waals surface area contributed by atoms with Gasteiger partial charge in [-0.3, -0.25) is 0 Å². The molecule has 304 valence electrons. The topological polar surface area (TPSA) is 104 Å². The maximum atomic E-state index is 17.7. The number of anilines is 2. The maximum absolute atomic E-state index is 17.7. The molecule has 0 spiro atoms. The number of fused-ring (bicyclic) bond motifs is 1. The van der Waals surface area contributed by atoms with Gasteiger partial charge in [0.1, 0.15) is 23.9 Å². The van der Waals surface area contributed by atoms with Crippen molar-refractivity contribution in [2.45, 2.75) is 77.5 Å². The first-order valence-electron chi connectivity index (χ1n) is 19.9. The number of aryl methyl sites for hydroxylation is 1. The minimum Gasteiger partial charge on any atom is -0.497 e. The van der Waals surface area contributed by atoms with E-state index in [1.54, 1.807) is 14.2 Å². The van der Waals surface area contributed by atoms with Crippen LogP contribution in [-0.2, 0) is 25.9 Å². The molecule has 4 atom stereocenters. The van der Waals surface area contributed by atoms with Crippen molar-refractivity contribution in [3.63, 3.8) is 0 Å². The lowest BCUT2D eigenvalue weighted by Crippen LogP contribution is -2.54. The molecule has 4 aromatic rings. The Bertz CT molecular complexity index is 2000. The van der Waals surface area contributed by atoms with Crippen molar-refractivity contribution < 1.29 is 28.5 Å². The molecular formula is C44H54FIN6O5. The summed E-state index contributed by atoms with van der Waals surface area (Å²) in [6.45, 7) is 10.1. The number of hydrogen-bond donors (Lipinski definition) is 1. The number of nitrogens with zero attached hydrogens (tertiary/aromatic N) is 6. The Morgan fingerprint density at radius 2 is 1.61 bits per heavy atom. The number of benzene rings is 3. The molecule has 0 saturated carbocycles. The van der Waals surface area contributed by atoms with Crippen molar-refractivity contribution in [1.82, 2.24) is 19.8 Å². The van der Waals surface area contributed by atoms with Crippen LogP contribution in [0.4, 0.5) is 20.7 Å². The number of likely N-dealkylation sites (tertiary alicyclic amines) is 1. The number of carbonyl (C=O) groups is 1. The quantitative estimate of drug-likeness (QED) is 0.141. The van der Waals surface area contributed by atoms with Crippen molar-refractivity contribution in [1.29, 1.82) is 0 Å². The van der Waals surface area contributed by atoms with Gasteiger partial charge in [0.05, 0.1) is 25.6 Å². The van der Waals surface area contributed by atoms with Crippen molar-refractivity contribution in [3.05, 3.63) is 97.5 Å². The van der Waals surface area contributed by atoms with Gasteiger partial charge in [0.2, 0.25) is 0 Å². The molecule has 11 nitrogen and oxygen atoms in total. The second-order valence-electron chi connectivity index (χ2n) is 15.9. The van der Waals surface area contributed by atoms with E-state index in [1.165, 1.54) is 4.90 Å². The highest BCUT2D eigenvalue weighted by molar-refractivity contribution is 14.1. The third-order valence-corrected chi connectivity index (χ3v) is 13.5. The highest BCUT2D eigenvalue weighted by Crippen LogP contribution is 2.45. The van der Waals surface area contributed by atoms with Crippen LogP contribution in [0.5, 0.6) is 17.5 Å². The summed E-state index contributed by atoms with van der Waals surface area (Å²) in [7, 11) is 5.43. The predicted molar refractivity (Wildman–Crippen MR) is 229 cm³/mol. The van der Waals surface area contributed by atoms with E-state index in [1.807, 2.05) is 61.5 Å². The van der Waals surface area contributed by atoms with Crippen molar-refractivity contribution in [2.75, 3.05) is 63.9 Å². The second-order valence-corrected chi connectivity index (χ2v) is 17.0. The Morgan fingerprint density at radius 1 is 0.965 bits per heavy atom. The lowest BCUT2D eigenvalue weighted by Gasteiger charge is -2.41. The van der Waals surface area contributed by atoms with Gasteiger partial charge in [-0.1, -0.05) is 31.2 Å². The number of halogens is 2. The molecule has 7 rings (SSSR count). The predicted octanol–water partition coefficient (Wildman–Crippen LogP) is 7.93. The van der Waals surface area contributed by atoms with Gasteiger partial charge < -0.3 is 38.9 Å². The molecule has 1 amide bonds. The van der Waals surface area contributed by atoms with Crippen LogP contribution in [0.1, 0.15) is 66.1 Å². The van der Waals surface area contributed by atoms with E-state index in [0.717, 1.165) is 73.8 Å². The fourth-order valence-corrected chi connectivity index (χ4v) is 9.50. The van der Waals surface area contributed by atoms with Crippen LogP contribution in [0.3, 0.4) is 0 Å². The molecule has 3 aromatic carbocycles. The Morgan fingerprint density at radius 3 is 2.18 bits per heavy atom. The van der Waals surface area contributed by atoms with Crippen molar-refractivity contribution in [3.8, 4) is 17.5 Å². The number of amides is 1. The summed E-state index contributed by atoms with van der Waals surface area (Å²) in [6.07, 6.45) is 2.47. The number of piperazine rings is 1. The minimum absolute atomic E-state index is 0.0728. The first-order chi connectivity index (χ1) is 27.4. The number of hydrogen-bond acceptors (Lipinski definition) is 9. The molecule has 1 aromatic heterocycles. The van der Waals surface area contributed by atoms with Crippen molar-refractivity contribution >= 4 is 40.2 Å². The average molecular weight is 893 g/mol. The van der Waals surface area contributed by atoms with E-state index < -0.39 is 6.09 Å². The molecule has 1 aliphatic carbocycles. The lowest BCUT2D eigenvalue weighted by molar-refractivity contribution is 0.136. The van der Waals surface area contributed by atoms with E-state index in [4.69, 9.17) is 24.2 Å². The van der Waals surface area contributed by atoms with Gasteiger partial charge >= 0.3 is 12.1 Å². The van der Waals surface area contributed by atoms with Crippen LogP contribution < -0.4 is 24.0 Å².